The highest BCUT2D eigenvalue weighted by Gasteiger charge is 2.41. The van der Waals surface area contributed by atoms with E-state index in [1.807, 2.05) is 5.32 Å². The van der Waals surface area contributed by atoms with Gasteiger partial charge in [-0.25, -0.2) is 0 Å². The fraction of sp³-hybridized carbons (Fsp3) is 0.462. The number of amides is 1. The summed E-state index contributed by atoms with van der Waals surface area (Å²) in [5.41, 5.74) is 0.593. The lowest BCUT2D eigenvalue weighted by Gasteiger charge is -2.15. The molecular weight excluding hydrogens is 273 g/mol. The number of aliphatic hydroxyl groups is 1. The van der Waals surface area contributed by atoms with Crippen molar-refractivity contribution in [2.24, 2.45) is 0 Å². The number of nitrogens with one attached hydrogen (secondary N) is 2. The Kier molecular flexibility index (Phi) is 4.01. The van der Waals surface area contributed by atoms with Gasteiger partial charge in [-0.05, 0) is 30.5 Å². The van der Waals surface area contributed by atoms with Gasteiger partial charge in [0.15, 0.2) is 0 Å². The molecule has 1 amide bonds. The number of alkyl halides is 3. The Morgan fingerprint density at radius 3 is 2.60 bits per heavy atom. The summed E-state index contributed by atoms with van der Waals surface area (Å²) in [6.45, 7) is 0.466. The third-order valence-corrected chi connectivity index (χ3v) is 3.27. The summed E-state index contributed by atoms with van der Waals surface area (Å²) in [5, 5.41) is 14.1. The molecule has 0 heterocycles. The molecule has 1 aliphatic carbocycles. The SMILES string of the molecule is O=C(Nc1cccc(CNC2(CO)CC2)c1)C(F)(F)F. The molecule has 0 bridgehead atoms. The molecule has 20 heavy (non-hydrogen) atoms. The van der Waals surface area contributed by atoms with Gasteiger partial charge in [-0.2, -0.15) is 13.2 Å². The van der Waals surface area contributed by atoms with Crippen LogP contribution >= 0.6 is 0 Å². The van der Waals surface area contributed by atoms with Crippen molar-refractivity contribution in [2.45, 2.75) is 31.1 Å². The monoisotopic (exact) mass is 288 g/mol. The molecule has 1 aromatic carbocycles. The Bertz CT molecular complexity index is 499. The average Bonchev–Trinajstić information content (AvgIpc) is 3.16. The summed E-state index contributed by atoms with van der Waals surface area (Å²) in [4.78, 5) is 10.8. The van der Waals surface area contributed by atoms with E-state index in [4.69, 9.17) is 5.11 Å². The first-order valence-electron chi connectivity index (χ1n) is 6.18. The van der Waals surface area contributed by atoms with E-state index >= 15 is 0 Å². The molecule has 0 spiro atoms. The maximum absolute atomic E-state index is 12.1. The van der Waals surface area contributed by atoms with Crippen molar-refractivity contribution in [3.05, 3.63) is 29.8 Å². The summed E-state index contributed by atoms with van der Waals surface area (Å²) in [7, 11) is 0. The highest BCUT2D eigenvalue weighted by Crippen LogP contribution is 2.34. The molecule has 110 valence electrons. The normalized spacial score (nSPS) is 16.8. The van der Waals surface area contributed by atoms with Gasteiger partial charge in [0.2, 0.25) is 0 Å². The number of aliphatic hydroxyl groups excluding tert-OH is 1. The van der Waals surface area contributed by atoms with Crippen LogP contribution in [0.4, 0.5) is 18.9 Å². The zero-order chi connectivity index (χ0) is 14.8. The molecule has 1 aliphatic rings. The van der Waals surface area contributed by atoms with Crippen LogP contribution in [0.25, 0.3) is 0 Å². The molecule has 0 aromatic heterocycles. The molecule has 1 aromatic rings. The van der Waals surface area contributed by atoms with Crippen molar-refractivity contribution in [3.8, 4) is 0 Å². The summed E-state index contributed by atoms with van der Waals surface area (Å²) in [5.74, 6) is -1.99. The van der Waals surface area contributed by atoms with Gasteiger partial charge in [0.05, 0.1) is 6.61 Å². The van der Waals surface area contributed by atoms with Crippen LogP contribution in [0.15, 0.2) is 24.3 Å². The average molecular weight is 288 g/mol. The second kappa shape index (κ2) is 5.41. The summed E-state index contributed by atoms with van der Waals surface area (Å²) in [6.07, 6.45) is -3.13. The van der Waals surface area contributed by atoms with Crippen LogP contribution in [0.1, 0.15) is 18.4 Å². The lowest BCUT2D eigenvalue weighted by Crippen LogP contribution is -2.34. The van der Waals surface area contributed by atoms with Crippen LogP contribution < -0.4 is 10.6 Å². The van der Waals surface area contributed by atoms with Gasteiger partial charge in [-0.1, -0.05) is 12.1 Å². The van der Waals surface area contributed by atoms with Gasteiger partial charge in [0, 0.05) is 17.8 Å². The van der Waals surface area contributed by atoms with E-state index in [1.54, 1.807) is 12.1 Å². The van der Waals surface area contributed by atoms with Gasteiger partial charge in [0.1, 0.15) is 0 Å². The van der Waals surface area contributed by atoms with Crippen LogP contribution in [-0.4, -0.2) is 29.3 Å². The molecule has 0 aliphatic heterocycles. The first-order valence-corrected chi connectivity index (χ1v) is 6.18. The number of carbonyl (C=O) groups excluding carboxylic acids is 1. The quantitative estimate of drug-likeness (QED) is 0.774. The first kappa shape index (κ1) is 14.8. The van der Waals surface area contributed by atoms with Crippen molar-refractivity contribution in [1.29, 1.82) is 0 Å². The van der Waals surface area contributed by atoms with Crippen LogP contribution in [0.3, 0.4) is 0 Å². The van der Waals surface area contributed by atoms with E-state index in [2.05, 4.69) is 5.32 Å². The van der Waals surface area contributed by atoms with Crippen LogP contribution in [0.2, 0.25) is 0 Å². The molecule has 3 N–H and O–H groups in total. The molecular formula is C13H15F3N2O2. The van der Waals surface area contributed by atoms with Crippen LogP contribution in [-0.2, 0) is 11.3 Å². The van der Waals surface area contributed by atoms with Crippen LogP contribution in [0.5, 0.6) is 0 Å². The van der Waals surface area contributed by atoms with Crippen molar-refractivity contribution < 1.29 is 23.1 Å². The van der Waals surface area contributed by atoms with Crippen molar-refractivity contribution in [3.63, 3.8) is 0 Å². The number of carbonyl (C=O) groups is 1. The van der Waals surface area contributed by atoms with Gasteiger partial charge >= 0.3 is 12.1 Å². The maximum Gasteiger partial charge on any atom is 0.471 e. The number of anilines is 1. The molecule has 1 fully saturated rings. The Labute approximate surface area is 114 Å². The van der Waals surface area contributed by atoms with Gasteiger partial charge < -0.3 is 15.7 Å². The largest absolute Gasteiger partial charge is 0.471 e. The van der Waals surface area contributed by atoms with E-state index in [0.717, 1.165) is 18.4 Å². The molecule has 7 heteroatoms. The Morgan fingerprint density at radius 1 is 1.35 bits per heavy atom. The van der Waals surface area contributed by atoms with Gasteiger partial charge in [-0.15, -0.1) is 0 Å². The fourth-order valence-corrected chi connectivity index (χ4v) is 1.79. The highest BCUT2D eigenvalue weighted by atomic mass is 19.4. The second-order valence-electron chi connectivity index (χ2n) is 4.94. The van der Waals surface area contributed by atoms with E-state index < -0.39 is 12.1 Å². The predicted octanol–water partition coefficient (Wildman–Crippen LogP) is 1.80. The zero-order valence-corrected chi connectivity index (χ0v) is 10.6. The Morgan fingerprint density at radius 2 is 2.05 bits per heavy atom. The lowest BCUT2D eigenvalue weighted by molar-refractivity contribution is -0.167. The molecule has 0 radical (unpaired) electrons. The molecule has 4 nitrogen and oxygen atoms in total. The minimum Gasteiger partial charge on any atom is -0.394 e. The number of rotatable bonds is 5. The van der Waals surface area contributed by atoms with Crippen molar-refractivity contribution in [1.82, 2.24) is 5.32 Å². The lowest BCUT2D eigenvalue weighted by atomic mass is 10.1. The van der Waals surface area contributed by atoms with E-state index in [9.17, 15) is 18.0 Å². The minimum absolute atomic E-state index is 0.0392. The molecule has 2 rings (SSSR count). The topological polar surface area (TPSA) is 61.4 Å². The fourth-order valence-electron chi connectivity index (χ4n) is 1.79. The smallest absolute Gasteiger partial charge is 0.394 e. The summed E-state index contributed by atoms with van der Waals surface area (Å²) in [6, 6.07) is 6.18. The van der Waals surface area contributed by atoms with E-state index in [0.29, 0.717) is 6.54 Å². The minimum atomic E-state index is -4.90. The third-order valence-electron chi connectivity index (χ3n) is 3.27. The standard InChI is InChI=1S/C13H15F3N2O2/c14-13(15,16)11(20)18-10-3-1-2-9(6-10)7-17-12(8-19)4-5-12/h1-3,6,17,19H,4-5,7-8H2,(H,18,20). The molecule has 0 saturated heterocycles. The molecule has 0 unspecified atom stereocenters. The number of benzene rings is 1. The zero-order valence-electron chi connectivity index (χ0n) is 10.6. The van der Waals surface area contributed by atoms with Gasteiger partial charge in [0.25, 0.3) is 0 Å². The number of hydrogen-bond acceptors (Lipinski definition) is 3. The number of hydrogen-bond donors (Lipinski definition) is 3. The third kappa shape index (κ3) is 3.71. The molecule has 0 atom stereocenters. The first-order chi connectivity index (χ1) is 9.35. The second-order valence-corrected chi connectivity index (χ2v) is 4.94. The van der Waals surface area contributed by atoms with Crippen molar-refractivity contribution in [2.75, 3.05) is 11.9 Å². The Hall–Kier alpha value is -1.60. The summed E-state index contributed by atoms with van der Waals surface area (Å²) >= 11 is 0. The molecule has 1 saturated carbocycles. The predicted molar refractivity (Wildman–Crippen MR) is 67.0 cm³/mol. The maximum atomic E-state index is 12.1. The van der Waals surface area contributed by atoms with Crippen molar-refractivity contribution >= 4 is 11.6 Å². The van der Waals surface area contributed by atoms with Crippen LogP contribution in [0, 0.1) is 0 Å². The van der Waals surface area contributed by atoms with E-state index in [1.165, 1.54) is 12.1 Å². The highest BCUT2D eigenvalue weighted by molar-refractivity contribution is 5.94. The van der Waals surface area contributed by atoms with Gasteiger partial charge in [-0.3, -0.25) is 4.79 Å². The Balaban J connectivity index is 1.96. The number of halogens is 3. The summed E-state index contributed by atoms with van der Waals surface area (Å²) < 4.78 is 36.4. The van der Waals surface area contributed by atoms with E-state index in [-0.39, 0.29) is 17.8 Å².